The smallest absolute Gasteiger partial charge is 0.301 e. The summed E-state index contributed by atoms with van der Waals surface area (Å²) in [6.45, 7) is 4.68. The molecule has 0 unspecified atom stereocenters. The number of imide groups is 1. The van der Waals surface area contributed by atoms with Crippen LogP contribution in [0.5, 0.6) is 11.5 Å². The highest BCUT2D eigenvalue weighted by Gasteiger charge is 2.43. The third kappa shape index (κ3) is 9.31. The number of nitrogens with one attached hydrogen (secondary N) is 3. The predicted molar refractivity (Wildman–Crippen MR) is 234 cm³/mol. The van der Waals surface area contributed by atoms with Crippen LogP contribution in [0, 0.1) is 28.4 Å². The van der Waals surface area contributed by atoms with Crippen molar-refractivity contribution in [2.24, 2.45) is 5.41 Å². The van der Waals surface area contributed by atoms with E-state index in [1.54, 1.807) is 36.0 Å². The molecule has 0 radical (unpaired) electrons. The van der Waals surface area contributed by atoms with Crippen LogP contribution in [0.15, 0.2) is 59.7 Å². The van der Waals surface area contributed by atoms with Gasteiger partial charge in [-0.2, -0.15) is 18.0 Å². The number of ether oxygens (including phenoxy) is 1. The van der Waals surface area contributed by atoms with Gasteiger partial charge in [0.05, 0.1) is 29.5 Å². The van der Waals surface area contributed by atoms with E-state index in [2.05, 4.69) is 25.2 Å². The van der Waals surface area contributed by atoms with Crippen molar-refractivity contribution in [1.82, 2.24) is 29.0 Å². The second kappa shape index (κ2) is 18.3. The first-order valence-electron chi connectivity index (χ1n) is 21.7. The largest absolute Gasteiger partial charge is 0.453 e. The Labute approximate surface area is 369 Å². The fourth-order valence-corrected chi connectivity index (χ4v) is 10.5. The van der Waals surface area contributed by atoms with Crippen molar-refractivity contribution in [1.29, 1.82) is 5.26 Å². The average molecular weight is 900 g/mol. The zero-order valence-corrected chi connectivity index (χ0v) is 36.6. The first kappa shape index (κ1) is 44.6. The number of benzene rings is 3. The van der Waals surface area contributed by atoms with Crippen LogP contribution in [0.1, 0.15) is 87.8 Å². The summed E-state index contributed by atoms with van der Waals surface area (Å²) in [4.78, 5) is 59.7. The Morgan fingerprint density at radius 1 is 1.00 bits per heavy atom. The zero-order valence-electron chi connectivity index (χ0n) is 35.7. The van der Waals surface area contributed by atoms with Crippen molar-refractivity contribution in [3.05, 3.63) is 88.0 Å². The number of hydrogen-bond acceptors (Lipinski definition) is 11. The number of halogens is 2. The van der Waals surface area contributed by atoms with Gasteiger partial charge in [-0.25, -0.2) is 13.8 Å². The molecule has 1 aliphatic carbocycles. The van der Waals surface area contributed by atoms with Gasteiger partial charge < -0.3 is 15.0 Å². The number of amides is 3. The SMILES string of the molecule is CCN(C)S(=O)(=O)Nc1ccc(F)c(Oc2ccc3ncn([C@@H]4CCC5(CCN(C(=O)CN6CCC(c7ccc(N[C@H]8CCC(=O)NC8=O)cc7F)CC6)CC5)C4)c(=O)c3c2)c1C#N. The Kier molecular flexibility index (Phi) is 12.7. The molecule has 1 saturated carbocycles. The van der Waals surface area contributed by atoms with E-state index in [1.807, 2.05) is 11.0 Å². The molecular formula is C45H51F2N9O7S. The van der Waals surface area contributed by atoms with Crippen molar-refractivity contribution >= 4 is 50.2 Å². The van der Waals surface area contributed by atoms with Gasteiger partial charge in [0.25, 0.3) is 5.56 Å². The lowest BCUT2D eigenvalue weighted by atomic mass is 9.77. The maximum atomic E-state index is 15.3. The molecule has 19 heteroatoms. The maximum Gasteiger partial charge on any atom is 0.301 e. The van der Waals surface area contributed by atoms with Crippen molar-refractivity contribution in [3.8, 4) is 17.6 Å². The molecule has 8 rings (SSSR count). The molecule has 64 heavy (non-hydrogen) atoms. The van der Waals surface area contributed by atoms with Crippen LogP contribution in [0.4, 0.5) is 20.2 Å². The van der Waals surface area contributed by atoms with E-state index < -0.39 is 33.7 Å². The summed E-state index contributed by atoms with van der Waals surface area (Å²) in [5, 5.41) is 15.5. The lowest BCUT2D eigenvalue weighted by molar-refractivity contribution is -0.135. The number of anilines is 2. The van der Waals surface area contributed by atoms with Gasteiger partial charge in [0.2, 0.25) is 17.7 Å². The summed E-state index contributed by atoms with van der Waals surface area (Å²) >= 11 is 0. The Morgan fingerprint density at radius 2 is 1.77 bits per heavy atom. The Hall–Kier alpha value is -5.97. The molecule has 16 nitrogen and oxygen atoms in total. The van der Waals surface area contributed by atoms with Crippen LogP contribution in [0.3, 0.4) is 0 Å². The number of rotatable bonds is 12. The minimum absolute atomic E-state index is 0.0115. The van der Waals surface area contributed by atoms with E-state index in [-0.39, 0.29) is 75.9 Å². The van der Waals surface area contributed by atoms with Crippen LogP contribution in [-0.4, -0.2) is 102 Å². The van der Waals surface area contributed by atoms with E-state index in [9.17, 15) is 32.9 Å². The third-order valence-corrected chi connectivity index (χ3v) is 15.1. The second-order valence-corrected chi connectivity index (χ2v) is 19.2. The summed E-state index contributed by atoms with van der Waals surface area (Å²) in [5.74, 6) is -2.29. The van der Waals surface area contributed by atoms with Crippen LogP contribution < -0.4 is 25.7 Å². The first-order chi connectivity index (χ1) is 30.7. The van der Waals surface area contributed by atoms with Crippen LogP contribution >= 0.6 is 0 Å². The summed E-state index contributed by atoms with van der Waals surface area (Å²) in [6.07, 6.45) is 7.61. The van der Waals surface area contributed by atoms with E-state index in [1.165, 1.54) is 25.2 Å². The van der Waals surface area contributed by atoms with E-state index >= 15 is 8.78 Å². The molecule has 1 aromatic heterocycles. The van der Waals surface area contributed by atoms with Crippen LogP contribution in [0.2, 0.25) is 0 Å². The molecule has 3 aromatic carbocycles. The number of hydrogen-bond donors (Lipinski definition) is 3. The molecule has 3 amide bonds. The van der Waals surface area contributed by atoms with Crippen molar-refractivity contribution < 1.29 is 36.3 Å². The molecule has 0 bridgehead atoms. The number of piperidine rings is 3. The van der Waals surface area contributed by atoms with E-state index in [4.69, 9.17) is 4.74 Å². The van der Waals surface area contributed by atoms with Crippen LogP contribution in [0.25, 0.3) is 10.9 Å². The monoisotopic (exact) mass is 899 g/mol. The highest BCUT2D eigenvalue weighted by Crippen LogP contribution is 2.50. The molecular weight excluding hydrogens is 849 g/mol. The van der Waals surface area contributed by atoms with Gasteiger partial charge in [0.1, 0.15) is 29.2 Å². The Bertz CT molecular complexity index is 2690. The van der Waals surface area contributed by atoms with E-state index in [0.717, 1.165) is 48.5 Å². The number of aromatic nitrogens is 2. The average Bonchev–Trinajstić information content (AvgIpc) is 3.68. The van der Waals surface area contributed by atoms with E-state index in [0.29, 0.717) is 68.8 Å². The molecule has 4 aromatic rings. The highest BCUT2D eigenvalue weighted by atomic mass is 32.2. The number of likely N-dealkylation sites (tertiary alicyclic amines) is 2. The Balaban J connectivity index is 0.847. The molecule has 338 valence electrons. The fourth-order valence-electron chi connectivity index (χ4n) is 9.57. The molecule has 2 atom stereocenters. The molecule has 4 fully saturated rings. The lowest BCUT2D eigenvalue weighted by Crippen LogP contribution is -2.47. The normalized spacial score (nSPS) is 20.7. The first-order valence-corrected chi connectivity index (χ1v) is 23.1. The Morgan fingerprint density at radius 3 is 2.47 bits per heavy atom. The molecule has 3 aliphatic heterocycles. The van der Waals surface area contributed by atoms with Gasteiger partial charge >= 0.3 is 10.2 Å². The third-order valence-electron chi connectivity index (χ3n) is 13.5. The number of nitriles is 1. The topological polar surface area (TPSA) is 199 Å². The molecule has 1 spiro atoms. The second-order valence-electron chi connectivity index (χ2n) is 17.4. The minimum atomic E-state index is -4.02. The fraction of sp³-hybridized carbons (Fsp3) is 0.467. The molecule has 4 heterocycles. The van der Waals surface area contributed by atoms with Crippen molar-refractivity contribution in [3.63, 3.8) is 0 Å². The summed E-state index contributed by atoms with van der Waals surface area (Å²) < 4.78 is 66.6. The van der Waals surface area contributed by atoms with Gasteiger partial charge in [-0.05, 0) is 124 Å². The molecule has 3 saturated heterocycles. The zero-order chi connectivity index (χ0) is 45.3. The van der Waals surface area contributed by atoms with Gasteiger partial charge in [0.15, 0.2) is 11.6 Å². The molecule has 4 aliphatic rings. The summed E-state index contributed by atoms with van der Waals surface area (Å²) in [6, 6.07) is 12.7. The van der Waals surface area contributed by atoms with Gasteiger partial charge in [-0.3, -0.25) is 38.7 Å². The number of fused-ring (bicyclic) bond motifs is 1. The number of carbonyl (C=O) groups is 3. The summed E-state index contributed by atoms with van der Waals surface area (Å²) in [5.41, 5.74) is 0.674. The van der Waals surface area contributed by atoms with Gasteiger partial charge in [-0.15, -0.1) is 0 Å². The lowest BCUT2D eigenvalue weighted by Gasteiger charge is -2.40. The summed E-state index contributed by atoms with van der Waals surface area (Å²) in [7, 11) is -2.66. The highest BCUT2D eigenvalue weighted by molar-refractivity contribution is 7.90. The number of carbonyl (C=O) groups excluding carboxylic acids is 3. The predicted octanol–water partition coefficient (Wildman–Crippen LogP) is 5.38. The van der Waals surface area contributed by atoms with Gasteiger partial charge in [-0.1, -0.05) is 13.0 Å². The maximum absolute atomic E-state index is 15.3. The van der Waals surface area contributed by atoms with Crippen LogP contribution in [-0.2, 0) is 24.6 Å². The quantitative estimate of drug-likeness (QED) is 0.154. The van der Waals surface area contributed by atoms with Crippen molar-refractivity contribution in [2.75, 3.05) is 56.4 Å². The molecule has 3 N–H and O–H groups in total. The van der Waals surface area contributed by atoms with Crippen molar-refractivity contribution in [2.45, 2.75) is 82.7 Å². The van der Waals surface area contributed by atoms with Gasteiger partial charge in [0, 0.05) is 44.8 Å². The number of nitrogens with zero attached hydrogens (tertiary/aromatic N) is 6. The standard InChI is InChI=1S/C45H51F2N9O7S/c1-3-53(2)64(61,62)52-38-9-7-35(46)42(34(38)25-48)63-31-5-8-37-33(23-31)44(60)56(27-49-37)30-12-15-45(24-30)16-20-55(21-17-45)41(58)26-54-18-13-28(14-19-54)32-6-4-29(22-36(32)47)50-39-10-11-40(57)51-43(39)59/h4-9,22-23,27-28,30,39,50,52H,3,10-21,24,26H2,1-2H3,(H,51,57,59)/t30-,39+/m1/s1. The minimum Gasteiger partial charge on any atom is -0.453 e.